The number of aromatic hydroxyl groups is 1. The summed E-state index contributed by atoms with van der Waals surface area (Å²) in [5, 5.41) is 19.0. The van der Waals surface area contributed by atoms with Crippen molar-refractivity contribution in [2.45, 2.75) is 13.3 Å². The van der Waals surface area contributed by atoms with E-state index < -0.39 is 0 Å². The lowest BCUT2D eigenvalue weighted by Crippen LogP contribution is -2.12. The molecule has 1 aromatic heterocycles. The monoisotopic (exact) mass is 298 g/mol. The minimum absolute atomic E-state index is 0.0233. The molecular formula is C15H14N4O3. The minimum atomic E-state index is 0.0233. The van der Waals surface area contributed by atoms with E-state index >= 15 is 0 Å². The van der Waals surface area contributed by atoms with Crippen molar-refractivity contribution >= 4 is 11.5 Å². The summed E-state index contributed by atoms with van der Waals surface area (Å²) in [7, 11) is 0. The van der Waals surface area contributed by atoms with Crippen molar-refractivity contribution in [2.24, 2.45) is 0 Å². The molecule has 0 aliphatic carbocycles. The van der Waals surface area contributed by atoms with Gasteiger partial charge < -0.3 is 26.0 Å². The van der Waals surface area contributed by atoms with Crippen LogP contribution in [0.5, 0.6) is 23.1 Å². The fourth-order valence-corrected chi connectivity index (χ4v) is 2.40. The fraction of sp³-hybridized carbons (Fsp3) is 0.200. The van der Waals surface area contributed by atoms with Gasteiger partial charge in [0.15, 0.2) is 11.5 Å². The number of aromatic nitrogens is 1. The Morgan fingerprint density at radius 3 is 2.91 bits per heavy atom. The summed E-state index contributed by atoms with van der Waals surface area (Å²) in [6.07, 6.45) is 0.387. The zero-order valence-corrected chi connectivity index (χ0v) is 11.9. The van der Waals surface area contributed by atoms with E-state index in [1.807, 2.05) is 13.0 Å². The van der Waals surface area contributed by atoms with Crippen LogP contribution in [0, 0.1) is 11.3 Å². The van der Waals surface area contributed by atoms with Crippen molar-refractivity contribution in [3.8, 4) is 29.2 Å². The predicted molar refractivity (Wildman–Crippen MR) is 79.9 cm³/mol. The lowest BCUT2D eigenvalue weighted by molar-refractivity contribution is 0.315. The number of anilines is 2. The zero-order valence-electron chi connectivity index (χ0n) is 11.9. The van der Waals surface area contributed by atoms with E-state index in [9.17, 15) is 5.11 Å². The molecule has 0 amide bonds. The van der Waals surface area contributed by atoms with Crippen molar-refractivity contribution in [1.29, 1.82) is 5.26 Å². The van der Waals surface area contributed by atoms with Gasteiger partial charge in [-0.15, -0.1) is 0 Å². The van der Waals surface area contributed by atoms with Crippen LogP contribution in [-0.2, 0) is 6.42 Å². The average molecular weight is 298 g/mol. The van der Waals surface area contributed by atoms with E-state index in [1.165, 1.54) is 0 Å². The smallest absolute Gasteiger partial charge is 0.226 e. The third-order valence-corrected chi connectivity index (χ3v) is 3.46. The summed E-state index contributed by atoms with van der Waals surface area (Å²) in [5.74, 6) is 1.18. The summed E-state index contributed by atoms with van der Waals surface area (Å²) >= 11 is 0. The molecule has 0 saturated carbocycles. The second kappa shape index (κ2) is 5.00. The van der Waals surface area contributed by atoms with Crippen molar-refractivity contribution < 1.29 is 14.6 Å². The van der Waals surface area contributed by atoms with E-state index in [1.54, 1.807) is 12.1 Å². The number of phenolic OH excluding ortho intramolecular Hbond substituents is 1. The predicted octanol–water partition coefficient (Wildman–Crippen LogP) is 1.92. The van der Waals surface area contributed by atoms with Crippen LogP contribution in [0.25, 0.3) is 0 Å². The van der Waals surface area contributed by atoms with Crippen LogP contribution in [0.4, 0.5) is 11.5 Å². The lowest BCUT2D eigenvalue weighted by atomic mass is 9.98. The number of pyridine rings is 1. The maximum atomic E-state index is 9.96. The van der Waals surface area contributed by atoms with Crippen molar-refractivity contribution in [3.05, 3.63) is 28.8 Å². The van der Waals surface area contributed by atoms with Crippen molar-refractivity contribution in [1.82, 2.24) is 4.98 Å². The van der Waals surface area contributed by atoms with Crippen LogP contribution in [0.2, 0.25) is 0 Å². The fourth-order valence-electron chi connectivity index (χ4n) is 2.40. The molecule has 1 aliphatic rings. The van der Waals surface area contributed by atoms with Gasteiger partial charge >= 0.3 is 0 Å². The average Bonchev–Trinajstić information content (AvgIpc) is 2.48. The van der Waals surface area contributed by atoms with Crippen molar-refractivity contribution in [2.75, 3.05) is 18.1 Å². The van der Waals surface area contributed by atoms with Gasteiger partial charge in [-0.3, -0.25) is 0 Å². The first-order valence-corrected chi connectivity index (χ1v) is 6.69. The molecule has 1 aromatic carbocycles. The first kappa shape index (κ1) is 13.8. The molecule has 0 saturated heterocycles. The Labute approximate surface area is 126 Å². The zero-order chi connectivity index (χ0) is 15.9. The van der Waals surface area contributed by atoms with E-state index in [-0.39, 0.29) is 28.7 Å². The number of phenols is 1. The van der Waals surface area contributed by atoms with Crippen LogP contribution in [0.15, 0.2) is 12.1 Å². The maximum Gasteiger partial charge on any atom is 0.226 e. The lowest BCUT2D eigenvalue weighted by Gasteiger charge is -2.22. The molecule has 112 valence electrons. The molecule has 22 heavy (non-hydrogen) atoms. The SMILES string of the molecule is CCOc1cc2c(cc1O)Cc1c(nc(N)c(C#N)c1N)O2. The van der Waals surface area contributed by atoms with E-state index in [0.717, 1.165) is 5.56 Å². The van der Waals surface area contributed by atoms with Gasteiger partial charge in [-0.2, -0.15) is 10.2 Å². The largest absolute Gasteiger partial charge is 0.504 e. The van der Waals surface area contributed by atoms with E-state index in [4.69, 9.17) is 26.2 Å². The third-order valence-electron chi connectivity index (χ3n) is 3.46. The highest BCUT2D eigenvalue weighted by Gasteiger charge is 2.25. The molecule has 0 spiro atoms. The number of nitrogens with zero attached hydrogens (tertiary/aromatic N) is 2. The summed E-state index contributed by atoms with van der Waals surface area (Å²) < 4.78 is 11.0. The van der Waals surface area contributed by atoms with Gasteiger partial charge in [-0.05, 0) is 13.0 Å². The van der Waals surface area contributed by atoms with Gasteiger partial charge in [-0.1, -0.05) is 0 Å². The Hall–Kier alpha value is -3.14. The van der Waals surface area contributed by atoms with Gasteiger partial charge in [0.2, 0.25) is 5.88 Å². The van der Waals surface area contributed by atoms with Crippen LogP contribution in [-0.4, -0.2) is 16.7 Å². The molecule has 0 unspecified atom stereocenters. The Kier molecular flexibility index (Phi) is 3.14. The number of nitriles is 1. The summed E-state index contributed by atoms with van der Waals surface area (Å²) in [6.45, 7) is 2.24. The summed E-state index contributed by atoms with van der Waals surface area (Å²) in [5.41, 5.74) is 13.4. The van der Waals surface area contributed by atoms with Gasteiger partial charge in [0.05, 0.1) is 12.3 Å². The summed E-state index contributed by atoms with van der Waals surface area (Å²) in [4.78, 5) is 4.09. The Morgan fingerprint density at radius 2 is 2.23 bits per heavy atom. The molecule has 2 aromatic rings. The molecule has 0 radical (unpaired) electrons. The number of ether oxygens (including phenoxy) is 2. The maximum absolute atomic E-state index is 9.96. The molecule has 2 heterocycles. The highest BCUT2D eigenvalue weighted by atomic mass is 16.5. The topological polar surface area (TPSA) is 127 Å². The van der Waals surface area contributed by atoms with Crippen LogP contribution in [0.1, 0.15) is 23.6 Å². The van der Waals surface area contributed by atoms with Gasteiger partial charge in [0, 0.05) is 23.6 Å². The second-order valence-corrected chi connectivity index (χ2v) is 4.82. The highest BCUT2D eigenvalue weighted by molar-refractivity contribution is 5.72. The number of fused-ring (bicyclic) bond motifs is 2. The Bertz CT molecular complexity index is 812. The quantitative estimate of drug-likeness (QED) is 0.659. The number of hydrogen-bond acceptors (Lipinski definition) is 7. The number of nitrogens with two attached hydrogens (primary N) is 2. The Balaban J connectivity index is 2.10. The highest BCUT2D eigenvalue weighted by Crippen LogP contribution is 2.44. The normalized spacial score (nSPS) is 11.8. The number of hydrogen-bond donors (Lipinski definition) is 3. The second-order valence-electron chi connectivity index (χ2n) is 4.82. The molecule has 0 atom stereocenters. The minimum Gasteiger partial charge on any atom is -0.504 e. The number of rotatable bonds is 2. The molecule has 5 N–H and O–H groups in total. The van der Waals surface area contributed by atoms with Gasteiger partial charge in [-0.25, -0.2) is 0 Å². The van der Waals surface area contributed by atoms with E-state index in [0.29, 0.717) is 30.1 Å². The van der Waals surface area contributed by atoms with Crippen LogP contribution >= 0.6 is 0 Å². The first-order chi connectivity index (χ1) is 10.5. The standard InChI is InChI=1S/C15H14N4O3/c1-2-21-12-5-11-7(4-10(12)20)3-8-13(17)9(6-16)14(18)19-15(8)22-11/h4-5,20H,2-3H2,1H3,(H4,17,18,19). The van der Waals surface area contributed by atoms with Crippen molar-refractivity contribution in [3.63, 3.8) is 0 Å². The molecule has 0 bridgehead atoms. The first-order valence-electron chi connectivity index (χ1n) is 6.69. The molecule has 3 rings (SSSR count). The van der Waals surface area contributed by atoms with Crippen LogP contribution < -0.4 is 20.9 Å². The van der Waals surface area contributed by atoms with Gasteiger partial charge in [0.25, 0.3) is 0 Å². The molecule has 7 nitrogen and oxygen atoms in total. The molecule has 0 fully saturated rings. The molecular weight excluding hydrogens is 284 g/mol. The number of benzene rings is 1. The summed E-state index contributed by atoms with van der Waals surface area (Å²) in [6, 6.07) is 5.10. The Morgan fingerprint density at radius 1 is 1.45 bits per heavy atom. The molecule has 7 heteroatoms. The van der Waals surface area contributed by atoms with E-state index in [2.05, 4.69) is 4.98 Å². The number of nitrogen functional groups attached to an aromatic ring is 2. The molecule has 1 aliphatic heterocycles. The van der Waals surface area contributed by atoms with Gasteiger partial charge in [0.1, 0.15) is 23.2 Å². The van der Waals surface area contributed by atoms with Crippen LogP contribution in [0.3, 0.4) is 0 Å². The third kappa shape index (κ3) is 2.02.